The van der Waals surface area contributed by atoms with E-state index in [0.717, 1.165) is 4.90 Å². The molecule has 0 fully saturated rings. The van der Waals surface area contributed by atoms with Gasteiger partial charge in [-0.05, 0) is 18.9 Å². The standard InChI is InChI=1S/C20H23N3O6/c1-28-10-4-8-21-18-13-6-3-7-14-17(13)15(12-16(18)23(26)27)20(25)22(19(14)24)9-5-11-29-2/h3,6-7,12,21H,4-5,8-11H2,1-2H3. The Balaban J connectivity index is 2.10. The molecule has 2 amide bonds. The van der Waals surface area contributed by atoms with Gasteiger partial charge in [-0.15, -0.1) is 0 Å². The first-order valence-corrected chi connectivity index (χ1v) is 9.33. The van der Waals surface area contributed by atoms with E-state index in [2.05, 4.69) is 5.32 Å². The predicted molar refractivity (Wildman–Crippen MR) is 107 cm³/mol. The number of methoxy groups -OCH3 is 2. The Hall–Kier alpha value is -3.04. The monoisotopic (exact) mass is 401 g/mol. The minimum atomic E-state index is -0.524. The molecule has 2 aromatic rings. The first kappa shape index (κ1) is 20.7. The maximum Gasteiger partial charge on any atom is 0.293 e. The van der Waals surface area contributed by atoms with E-state index in [1.807, 2.05) is 0 Å². The molecule has 1 heterocycles. The zero-order valence-electron chi connectivity index (χ0n) is 16.4. The topological polar surface area (TPSA) is 111 Å². The molecule has 0 radical (unpaired) electrons. The van der Waals surface area contributed by atoms with Gasteiger partial charge in [-0.25, -0.2) is 0 Å². The second-order valence-electron chi connectivity index (χ2n) is 6.68. The molecule has 1 aliphatic heterocycles. The van der Waals surface area contributed by atoms with E-state index >= 15 is 0 Å². The fraction of sp³-hybridized carbons (Fsp3) is 0.400. The fourth-order valence-corrected chi connectivity index (χ4v) is 3.53. The minimum Gasteiger partial charge on any atom is -0.385 e. The lowest BCUT2D eigenvalue weighted by Crippen LogP contribution is -2.41. The molecule has 29 heavy (non-hydrogen) atoms. The Bertz CT molecular complexity index is 959. The van der Waals surface area contributed by atoms with Crippen LogP contribution in [0, 0.1) is 10.1 Å². The van der Waals surface area contributed by atoms with Gasteiger partial charge in [0.05, 0.1) is 10.5 Å². The van der Waals surface area contributed by atoms with Gasteiger partial charge in [-0.1, -0.05) is 12.1 Å². The third-order valence-electron chi connectivity index (χ3n) is 4.85. The maximum atomic E-state index is 13.0. The number of amides is 2. The number of hydrogen-bond donors (Lipinski definition) is 1. The molecular formula is C20H23N3O6. The number of hydrogen-bond acceptors (Lipinski definition) is 7. The van der Waals surface area contributed by atoms with Crippen molar-refractivity contribution in [2.75, 3.05) is 45.8 Å². The van der Waals surface area contributed by atoms with Crippen LogP contribution in [-0.4, -0.2) is 62.2 Å². The number of ether oxygens (including phenoxy) is 2. The van der Waals surface area contributed by atoms with Gasteiger partial charge in [0.1, 0.15) is 5.69 Å². The van der Waals surface area contributed by atoms with Crippen LogP contribution in [0.4, 0.5) is 11.4 Å². The van der Waals surface area contributed by atoms with Gasteiger partial charge in [0.25, 0.3) is 17.5 Å². The Morgan fingerprint density at radius 2 is 1.76 bits per heavy atom. The molecule has 154 valence electrons. The summed E-state index contributed by atoms with van der Waals surface area (Å²) in [6, 6.07) is 6.27. The SMILES string of the molecule is COCCCNc1c([N+](=O)[O-])cc2c3c(cccc13)C(=O)N(CCCOC)C2=O. The molecule has 1 N–H and O–H groups in total. The molecule has 9 heteroatoms. The quantitative estimate of drug-likeness (QED) is 0.282. The van der Waals surface area contributed by atoms with Crippen LogP contribution in [0.1, 0.15) is 33.6 Å². The number of nitrogens with zero attached hydrogens (tertiary/aromatic N) is 2. The van der Waals surface area contributed by atoms with Crippen LogP contribution in [0.15, 0.2) is 24.3 Å². The van der Waals surface area contributed by atoms with Gasteiger partial charge in [-0.3, -0.25) is 24.6 Å². The van der Waals surface area contributed by atoms with Crippen LogP contribution in [-0.2, 0) is 9.47 Å². The number of nitro benzene ring substituents is 1. The van der Waals surface area contributed by atoms with E-state index in [0.29, 0.717) is 54.6 Å². The third kappa shape index (κ3) is 3.92. The number of imide groups is 1. The van der Waals surface area contributed by atoms with Gasteiger partial charge < -0.3 is 14.8 Å². The highest BCUT2D eigenvalue weighted by molar-refractivity contribution is 6.27. The van der Waals surface area contributed by atoms with Crippen molar-refractivity contribution in [3.8, 4) is 0 Å². The average molecular weight is 401 g/mol. The van der Waals surface area contributed by atoms with Crippen LogP contribution < -0.4 is 5.32 Å². The predicted octanol–water partition coefficient (Wildman–Crippen LogP) is 2.83. The summed E-state index contributed by atoms with van der Waals surface area (Å²) >= 11 is 0. The van der Waals surface area contributed by atoms with Crippen molar-refractivity contribution < 1.29 is 24.0 Å². The molecule has 0 saturated carbocycles. The number of carbonyl (C=O) groups excluding carboxylic acids is 2. The average Bonchev–Trinajstić information content (AvgIpc) is 2.71. The number of rotatable bonds is 10. The summed E-state index contributed by atoms with van der Waals surface area (Å²) in [4.78, 5) is 38.3. The highest BCUT2D eigenvalue weighted by atomic mass is 16.6. The maximum absolute atomic E-state index is 13.0. The van der Waals surface area contributed by atoms with Crippen LogP contribution in [0.2, 0.25) is 0 Å². The molecule has 0 unspecified atom stereocenters. The second kappa shape index (κ2) is 8.97. The van der Waals surface area contributed by atoms with Crippen LogP contribution in [0.3, 0.4) is 0 Å². The molecule has 9 nitrogen and oxygen atoms in total. The molecule has 2 aromatic carbocycles. The number of benzene rings is 2. The number of carbonyl (C=O) groups is 2. The second-order valence-corrected chi connectivity index (χ2v) is 6.68. The Morgan fingerprint density at radius 1 is 1.07 bits per heavy atom. The first-order valence-electron chi connectivity index (χ1n) is 9.33. The van der Waals surface area contributed by atoms with Gasteiger partial charge >= 0.3 is 0 Å². The van der Waals surface area contributed by atoms with Gasteiger partial charge in [0, 0.05) is 62.9 Å². The molecule has 0 aromatic heterocycles. The zero-order valence-corrected chi connectivity index (χ0v) is 16.4. The number of nitrogens with one attached hydrogen (secondary N) is 1. The third-order valence-corrected chi connectivity index (χ3v) is 4.85. The van der Waals surface area contributed by atoms with Crippen molar-refractivity contribution in [2.45, 2.75) is 12.8 Å². The summed E-state index contributed by atoms with van der Waals surface area (Å²) in [5, 5.41) is 15.7. The Morgan fingerprint density at radius 3 is 2.45 bits per heavy atom. The lowest BCUT2D eigenvalue weighted by Gasteiger charge is -2.27. The Labute approximate surface area is 167 Å². The van der Waals surface area contributed by atoms with Crippen molar-refractivity contribution in [3.63, 3.8) is 0 Å². The van der Waals surface area contributed by atoms with E-state index in [4.69, 9.17) is 9.47 Å². The molecule has 1 aliphatic rings. The summed E-state index contributed by atoms with van der Waals surface area (Å²) in [7, 11) is 3.13. The van der Waals surface area contributed by atoms with Crippen molar-refractivity contribution in [2.24, 2.45) is 0 Å². The van der Waals surface area contributed by atoms with E-state index in [9.17, 15) is 19.7 Å². The van der Waals surface area contributed by atoms with Crippen LogP contribution in [0.5, 0.6) is 0 Å². The lowest BCUT2D eigenvalue weighted by molar-refractivity contribution is -0.383. The Kier molecular flexibility index (Phi) is 6.40. The van der Waals surface area contributed by atoms with E-state index < -0.39 is 16.7 Å². The smallest absolute Gasteiger partial charge is 0.293 e. The van der Waals surface area contributed by atoms with Crippen molar-refractivity contribution >= 4 is 34.0 Å². The summed E-state index contributed by atoms with van der Waals surface area (Å²) in [5.74, 6) is -0.924. The molecule has 0 atom stereocenters. The highest BCUT2D eigenvalue weighted by Crippen LogP contribution is 2.40. The first-order chi connectivity index (χ1) is 14.0. The largest absolute Gasteiger partial charge is 0.385 e. The van der Waals surface area contributed by atoms with Gasteiger partial charge in [0.15, 0.2) is 0 Å². The lowest BCUT2D eigenvalue weighted by atomic mass is 9.92. The van der Waals surface area contributed by atoms with Crippen LogP contribution >= 0.6 is 0 Å². The fourth-order valence-electron chi connectivity index (χ4n) is 3.53. The molecule has 0 saturated heterocycles. The summed E-state index contributed by atoms with van der Waals surface area (Å²) < 4.78 is 10.0. The summed E-state index contributed by atoms with van der Waals surface area (Å²) in [6.07, 6.45) is 1.14. The van der Waals surface area contributed by atoms with Crippen molar-refractivity contribution in [3.05, 3.63) is 45.5 Å². The zero-order chi connectivity index (χ0) is 21.0. The number of nitro groups is 1. The molecular weight excluding hydrogens is 378 g/mol. The normalized spacial score (nSPS) is 13.2. The molecule has 0 aliphatic carbocycles. The van der Waals surface area contributed by atoms with Gasteiger partial charge in [-0.2, -0.15) is 0 Å². The van der Waals surface area contributed by atoms with Crippen LogP contribution in [0.25, 0.3) is 10.8 Å². The van der Waals surface area contributed by atoms with E-state index in [1.165, 1.54) is 6.07 Å². The molecule has 0 spiro atoms. The highest BCUT2D eigenvalue weighted by Gasteiger charge is 2.35. The number of anilines is 1. The van der Waals surface area contributed by atoms with Crippen molar-refractivity contribution in [1.29, 1.82) is 0 Å². The molecule has 0 bridgehead atoms. The van der Waals surface area contributed by atoms with E-state index in [1.54, 1.807) is 32.4 Å². The molecule has 3 rings (SSSR count). The van der Waals surface area contributed by atoms with Gasteiger partial charge in [0.2, 0.25) is 0 Å². The van der Waals surface area contributed by atoms with Crippen molar-refractivity contribution in [1.82, 2.24) is 4.90 Å². The minimum absolute atomic E-state index is 0.168. The summed E-state index contributed by atoms with van der Waals surface area (Å²) in [5.41, 5.74) is 0.646. The van der Waals surface area contributed by atoms with E-state index in [-0.39, 0.29) is 17.8 Å². The summed E-state index contributed by atoms with van der Waals surface area (Å²) in [6.45, 7) is 1.55.